The first kappa shape index (κ1) is 20.2. The number of benzene rings is 2. The predicted octanol–water partition coefficient (Wildman–Crippen LogP) is 5.97. The standard InChI is InChI=1S/C24H30ClN3O/c1-3-12-28(16-17-5-6-17)13-4-11-26-24-20-9-7-18(25)14-23(20)27-22-10-8-19(29-2)15-21(22)24/h7-10,14-15,17H,3-6,11-13,16H2,1-2H3,(H,26,27). The Morgan fingerprint density at radius 1 is 1.10 bits per heavy atom. The van der Waals surface area contributed by atoms with Gasteiger partial charge in [0.25, 0.3) is 0 Å². The summed E-state index contributed by atoms with van der Waals surface area (Å²) in [6, 6.07) is 12.0. The molecule has 0 spiro atoms. The molecule has 0 saturated heterocycles. The summed E-state index contributed by atoms with van der Waals surface area (Å²) in [7, 11) is 1.70. The molecule has 1 N–H and O–H groups in total. The second-order valence-corrected chi connectivity index (χ2v) is 8.49. The smallest absolute Gasteiger partial charge is 0.119 e. The van der Waals surface area contributed by atoms with Crippen LogP contribution in [0.3, 0.4) is 0 Å². The van der Waals surface area contributed by atoms with Crippen molar-refractivity contribution in [3.05, 3.63) is 41.4 Å². The van der Waals surface area contributed by atoms with Crippen LogP contribution < -0.4 is 10.1 Å². The molecule has 5 heteroatoms. The number of hydrogen-bond donors (Lipinski definition) is 1. The molecule has 0 aliphatic heterocycles. The Balaban J connectivity index is 1.55. The molecule has 3 aromatic rings. The maximum atomic E-state index is 6.22. The van der Waals surface area contributed by atoms with Gasteiger partial charge >= 0.3 is 0 Å². The Labute approximate surface area is 178 Å². The van der Waals surface area contributed by atoms with E-state index in [9.17, 15) is 0 Å². The summed E-state index contributed by atoms with van der Waals surface area (Å²) in [6.07, 6.45) is 5.17. The Morgan fingerprint density at radius 2 is 1.97 bits per heavy atom. The van der Waals surface area contributed by atoms with Crippen molar-refractivity contribution in [1.29, 1.82) is 0 Å². The SMILES string of the molecule is CCCN(CCCNc1c2ccc(Cl)cc2nc2ccc(OC)cc12)CC1CC1. The van der Waals surface area contributed by atoms with Gasteiger partial charge in [-0.05, 0) is 81.1 Å². The van der Waals surface area contributed by atoms with E-state index < -0.39 is 0 Å². The molecule has 154 valence electrons. The highest BCUT2D eigenvalue weighted by molar-refractivity contribution is 6.31. The van der Waals surface area contributed by atoms with Crippen molar-refractivity contribution in [2.75, 3.05) is 38.6 Å². The number of hydrogen-bond acceptors (Lipinski definition) is 4. The molecule has 0 radical (unpaired) electrons. The van der Waals surface area contributed by atoms with Crippen LogP contribution in [0.25, 0.3) is 21.8 Å². The van der Waals surface area contributed by atoms with Crippen molar-refractivity contribution in [1.82, 2.24) is 9.88 Å². The lowest BCUT2D eigenvalue weighted by molar-refractivity contribution is 0.262. The normalized spacial score (nSPS) is 14.1. The number of nitrogens with zero attached hydrogens (tertiary/aromatic N) is 2. The van der Waals surface area contributed by atoms with Gasteiger partial charge in [-0.15, -0.1) is 0 Å². The number of aromatic nitrogens is 1. The molecule has 0 bridgehead atoms. The van der Waals surface area contributed by atoms with Crippen LogP contribution >= 0.6 is 11.6 Å². The summed E-state index contributed by atoms with van der Waals surface area (Å²) in [5, 5.41) is 6.59. The Kier molecular flexibility index (Phi) is 6.41. The topological polar surface area (TPSA) is 37.4 Å². The minimum Gasteiger partial charge on any atom is -0.497 e. The quantitative estimate of drug-likeness (QED) is 0.329. The van der Waals surface area contributed by atoms with Gasteiger partial charge in [0.1, 0.15) is 5.75 Å². The van der Waals surface area contributed by atoms with Gasteiger partial charge in [-0.3, -0.25) is 0 Å². The fourth-order valence-electron chi connectivity index (χ4n) is 4.01. The number of fused-ring (bicyclic) bond motifs is 2. The van der Waals surface area contributed by atoms with Gasteiger partial charge in [0, 0.05) is 28.9 Å². The molecule has 1 heterocycles. The number of ether oxygens (including phenoxy) is 1. The average Bonchev–Trinajstić information content (AvgIpc) is 3.54. The van der Waals surface area contributed by atoms with Crippen molar-refractivity contribution in [3.63, 3.8) is 0 Å². The molecule has 29 heavy (non-hydrogen) atoms. The minimum atomic E-state index is 0.707. The molecule has 4 nitrogen and oxygen atoms in total. The molecule has 0 amide bonds. The third kappa shape index (κ3) is 4.93. The molecule has 0 atom stereocenters. The molecule has 1 fully saturated rings. The third-order valence-electron chi connectivity index (χ3n) is 5.65. The maximum absolute atomic E-state index is 6.22. The van der Waals surface area contributed by atoms with E-state index in [1.807, 2.05) is 24.3 Å². The van der Waals surface area contributed by atoms with Crippen molar-refractivity contribution in [2.24, 2.45) is 5.92 Å². The molecule has 0 unspecified atom stereocenters. The van der Waals surface area contributed by atoms with E-state index in [1.165, 1.54) is 32.4 Å². The number of methoxy groups -OCH3 is 1. The summed E-state index contributed by atoms with van der Waals surface area (Å²) in [6.45, 7) is 6.82. The number of halogens is 1. The van der Waals surface area contributed by atoms with E-state index in [0.717, 1.165) is 58.7 Å². The van der Waals surface area contributed by atoms with Gasteiger partial charge in [-0.1, -0.05) is 18.5 Å². The van der Waals surface area contributed by atoms with Crippen LogP contribution in [-0.2, 0) is 0 Å². The minimum absolute atomic E-state index is 0.707. The molecule has 1 aliphatic rings. The molecule has 1 aromatic heterocycles. The van der Waals surface area contributed by atoms with Crippen molar-refractivity contribution >= 4 is 39.1 Å². The fourth-order valence-corrected chi connectivity index (χ4v) is 4.17. The number of pyridine rings is 1. The zero-order valence-electron chi connectivity index (χ0n) is 17.4. The van der Waals surface area contributed by atoms with E-state index in [1.54, 1.807) is 7.11 Å². The highest BCUT2D eigenvalue weighted by Crippen LogP contribution is 2.34. The molecule has 2 aromatic carbocycles. The second-order valence-electron chi connectivity index (χ2n) is 8.06. The van der Waals surface area contributed by atoms with Crippen molar-refractivity contribution in [2.45, 2.75) is 32.6 Å². The van der Waals surface area contributed by atoms with Crippen LogP contribution in [0, 0.1) is 5.92 Å². The number of nitrogens with one attached hydrogen (secondary N) is 1. The van der Waals surface area contributed by atoms with E-state index >= 15 is 0 Å². The first-order valence-electron chi connectivity index (χ1n) is 10.7. The van der Waals surface area contributed by atoms with Gasteiger partial charge in [0.2, 0.25) is 0 Å². The first-order valence-corrected chi connectivity index (χ1v) is 11.1. The van der Waals surface area contributed by atoms with Crippen LogP contribution in [0.5, 0.6) is 5.75 Å². The number of rotatable bonds is 10. The van der Waals surface area contributed by atoms with Crippen LogP contribution in [0.2, 0.25) is 5.02 Å². The monoisotopic (exact) mass is 411 g/mol. The lowest BCUT2D eigenvalue weighted by Crippen LogP contribution is -2.29. The Hall–Kier alpha value is -2.04. The van der Waals surface area contributed by atoms with Crippen molar-refractivity contribution in [3.8, 4) is 5.75 Å². The first-order chi connectivity index (χ1) is 14.2. The molecular formula is C24H30ClN3O. The zero-order chi connectivity index (χ0) is 20.2. The fraction of sp³-hybridized carbons (Fsp3) is 0.458. The van der Waals surface area contributed by atoms with Crippen LogP contribution in [0.1, 0.15) is 32.6 Å². The Bertz CT molecular complexity index is 987. The summed E-state index contributed by atoms with van der Waals surface area (Å²) >= 11 is 6.22. The summed E-state index contributed by atoms with van der Waals surface area (Å²) in [5.41, 5.74) is 2.98. The van der Waals surface area contributed by atoms with Gasteiger partial charge in [0.15, 0.2) is 0 Å². The molecular weight excluding hydrogens is 382 g/mol. The Morgan fingerprint density at radius 3 is 2.72 bits per heavy atom. The zero-order valence-corrected chi connectivity index (χ0v) is 18.1. The van der Waals surface area contributed by atoms with E-state index in [0.29, 0.717) is 5.02 Å². The maximum Gasteiger partial charge on any atom is 0.119 e. The van der Waals surface area contributed by atoms with Crippen LogP contribution in [0.15, 0.2) is 36.4 Å². The van der Waals surface area contributed by atoms with Crippen LogP contribution in [0.4, 0.5) is 5.69 Å². The third-order valence-corrected chi connectivity index (χ3v) is 5.88. The molecule has 1 saturated carbocycles. The van der Waals surface area contributed by atoms with Gasteiger partial charge in [-0.2, -0.15) is 0 Å². The average molecular weight is 412 g/mol. The molecule has 1 aliphatic carbocycles. The van der Waals surface area contributed by atoms with Crippen LogP contribution in [-0.4, -0.2) is 43.2 Å². The highest BCUT2D eigenvalue weighted by atomic mass is 35.5. The van der Waals surface area contributed by atoms with Crippen molar-refractivity contribution < 1.29 is 4.74 Å². The second kappa shape index (κ2) is 9.19. The van der Waals surface area contributed by atoms with E-state index in [-0.39, 0.29) is 0 Å². The molecule has 4 rings (SSSR count). The van der Waals surface area contributed by atoms with E-state index in [2.05, 4.69) is 29.3 Å². The van der Waals surface area contributed by atoms with E-state index in [4.69, 9.17) is 21.3 Å². The lowest BCUT2D eigenvalue weighted by Gasteiger charge is -2.22. The predicted molar refractivity (Wildman–Crippen MR) is 123 cm³/mol. The van der Waals surface area contributed by atoms with Gasteiger partial charge in [0.05, 0.1) is 23.8 Å². The van der Waals surface area contributed by atoms with Gasteiger partial charge in [-0.25, -0.2) is 4.98 Å². The summed E-state index contributed by atoms with van der Waals surface area (Å²) in [4.78, 5) is 7.44. The highest BCUT2D eigenvalue weighted by Gasteiger charge is 2.23. The number of anilines is 1. The summed E-state index contributed by atoms with van der Waals surface area (Å²) in [5.74, 6) is 1.79. The van der Waals surface area contributed by atoms with Gasteiger partial charge < -0.3 is 15.0 Å². The largest absolute Gasteiger partial charge is 0.497 e. The summed E-state index contributed by atoms with van der Waals surface area (Å²) < 4.78 is 5.45. The lowest BCUT2D eigenvalue weighted by atomic mass is 10.1.